The molecule has 0 amide bonds. The molecule has 1 aliphatic rings. The molecular formula is C48H87NO10. The minimum Gasteiger partial charge on any atom is -0.465 e. The van der Waals surface area contributed by atoms with E-state index in [1.165, 1.54) is 19.3 Å². The lowest BCUT2D eigenvalue weighted by atomic mass is 9.87. The number of nitrogens with zero attached hydrogens (tertiary/aromatic N) is 1. The van der Waals surface area contributed by atoms with Crippen LogP contribution < -0.4 is 0 Å². The summed E-state index contributed by atoms with van der Waals surface area (Å²) in [5.41, 5.74) is 0. The van der Waals surface area contributed by atoms with Crippen molar-refractivity contribution in [2.75, 3.05) is 40.5 Å². The van der Waals surface area contributed by atoms with E-state index in [4.69, 9.17) is 23.7 Å². The van der Waals surface area contributed by atoms with Crippen LogP contribution >= 0.6 is 0 Å². The summed E-state index contributed by atoms with van der Waals surface area (Å²) in [5.74, 6) is -1.14. The van der Waals surface area contributed by atoms with Crippen molar-refractivity contribution in [2.45, 2.75) is 220 Å². The van der Waals surface area contributed by atoms with Crippen molar-refractivity contribution in [3.63, 3.8) is 0 Å². The predicted molar refractivity (Wildman–Crippen MR) is 234 cm³/mol. The maximum absolute atomic E-state index is 13.3. The fourth-order valence-electron chi connectivity index (χ4n) is 7.88. The fourth-order valence-corrected chi connectivity index (χ4v) is 7.88. The molecule has 4 unspecified atom stereocenters. The summed E-state index contributed by atoms with van der Waals surface area (Å²) in [4.78, 5) is 65.8. The van der Waals surface area contributed by atoms with E-state index in [9.17, 15) is 24.0 Å². The monoisotopic (exact) mass is 838 g/mol. The average molecular weight is 838 g/mol. The van der Waals surface area contributed by atoms with E-state index < -0.39 is 6.10 Å². The van der Waals surface area contributed by atoms with E-state index in [0.717, 1.165) is 109 Å². The Morgan fingerprint density at radius 2 is 1.03 bits per heavy atom. The molecule has 0 bridgehead atoms. The van der Waals surface area contributed by atoms with Gasteiger partial charge in [0.25, 0.3) is 0 Å². The number of ether oxygens (including phenoxy) is 5. The highest BCUT2D eigenvalue weighted by atomic mass is 16.6. The van der Waals surface area contributed by atoms with Crippen molar-refractivity contribution >= 4 is 29.8 Å². The molecule has 0 aliphatic heterocycles. The van der Waals surface area contributed by atoms with E-state index in [0.29, 0.717) is 44.9 Å². The molecule has 0 heterocycles. The van der Waals surface area contributed by atoms with Gasteiger partial charge in [0.05, 0.1) is 13.2 Å². The second-order valence-corrected chi connectivity index (χ2v) is 17.4. The van der Waals surface area contributed by atoms with Crippen molar-refractivity contribution in [1.29, 1.82) is 0 Å². The van der Waals surface area contributed by atoms with Gasteiger partial charge in [0.1, 0.15) is 18.8 Å². The van der Waals surface area contributed by atoms with E-state index in [1.54, 1.807) is 0 Å². The zero-order valence-corrected chi connectivity index (χ0v) is 38.5. The van der Waals surface area contributed by atoms with Gasteiger partial charge in [0, 0.05) is 38.0 Å². The smallest absolute Gasteiger partial charge is 0.306 e. The molecule has 0 aromatic rings. The number of carbonyl (C=O) groups is 5. The molecule has 344 valence electrons. The summed E-state index contributed by atoms with van der Waals surface area (Å²) in [6.45, 7) is 9.78. The van der Waals surface area contributed by atoms with Gasteiger partial charge in [-0.2, -0.15) is 0 Å². The van der Waals surface area contributed by atoms with Crippen LogP contribution in [0.1, 0.15) is 207 Å². The fraction of sp³-hybridized carbons (Fsp3) is 0.896. The Kier molecular flexibility index (Phi) is 33.2. The molecule has 0 saturated heterocycles. The second-order valence-electron chi connectivity index (χ2n) is 17.4. The van der Waals surface area contributed by atoms with Crippen LogP contribution in [0.3, 0.4) is 0 Å². The molecule has 0 aromatic carbocycles. The molecule has 4 atom stereocenters. The highest BCUT2D eigenvalue weighted by Gasteiger charge is 2.39. The van der Waals surface area contributed by atoms with Crippen molar-refractivity contribution in [3.8, 4) is 0 Å². The predicted octanol–water partition coefficient (Wildman–Crippen LogP) is 10.9. The van der Waals surface area contributed by atoms with Crippen LogP contribution in [0.15, 0.2) is 0 Å². The van der Waals surface area contributed by atoms with Crippen molar-refractivity contribution in [1.82, 2.24) is 4.90 Å². The molecule has 0 radical (unpaired) electrons. The summed E-state index contributed by atoms with van der Waals surface area (Å²) < 4.78 is 28.9. The number of rotatable bonds is 38. The van der Waals surface area contributed by atoms with Crippen LogP contribution in [0, 0.1) is 17.8 Å². The standard InChI is InChI=1S/C48H87NO10/c1-7-11-15-16-17-21-26-41(38-57-48(54)35-40-32-33-43(42(40)27-18-12-8-2)59-47(53)31-24-34-49(5)6)58-46(52)30-23-22-25-39(36-55-44(50)28-19-13-9-3)37-56-45(51)29-20-14-10-4/h39-43H,7-38H2,1-6H3. The zero-order chi connectivity index (χ0) is 43.5. The van der Waals surface area contributed by atoms with Gasteiger partial charge in [-0.05, 0) is 96.7 Å². The maximum Gasteiger partial charge on any atom is 0.306 e. The molecule has 1 fully saturated rings. The third kappa shape index (κ3) is 29.2. The maximum atomic E-state index is 13.3. The largest absolute Gasteiger partial charge is 0.465 e. The van der Waals surface area contributed by atoms with E-state index in [2.05, 4.69) is 32.6 Å². The lowest BCUT2D eigenvalue weighted by molar-refractivity contribution is -0.160. The molecule has 59 heavy (non-hydrogen) atoms. The van der Waals surface area contributed by atoms with E-state index in [-0.39, 0.29) is 86.4 Å². The number of unbranched alkanes of at least 4 members (excludes halogenated alkanes) is 12. The van der Waals surface area contributed by atoms with Gasteiger partial charge >= 0.3 is 29.8 Å². The van der Waals surface area contributed by atoms with Gasteiger partial charge in [-0.25, -0.2) is 0 Å². The molecule has 0 spiro atoms. The molecule has 11 nitrogen and oxygen atoms in total. The van der Waals surface area contributed by atoms with E-state index in [1.807, 2.05) is 14.1 Å². The molecule has 1 saturated carbocycles. The summed E-state index contributed by atoms with van der Waals surface area (Å²) >= 11 is 0. The van der Waals surface area contributed by atoms with Gasteiger partial charge in [-0.15, -0.1) is 0 Å². The first kappa shape index (κ1) is 54.3. The van der Waals surface area contributed by atoms with E-state index >= 15 is 0 Å². The summed E-state index contributed by atoms with van der Waals surface area (Å²) in [6, 6.07) is 0. The lowest BCUT2D eigenvalue weighted by Crippen LogP contribution is -2.28. The number of hydrogen-bond acceptors (Lipinski definition) is 11. The van der Waals surface area contributed by atoms with Crippen LogP contribution in [0.25, 0.3) is 0 Å². The molecule has 1 rings (SSSR count). The topological polar surface area (TPSA) is 135 Å². The van der Waals surface area contributed by atoms with Crippen LogP contribution in [0.2, 0.25) is 0 Å². The van der Waals surface area contributed by atoms with Crippen molar-refractivity contribution < 1.29 is 47.7 Å². The quantitative estimate of drug-likeness (QED) is 0.0334. The molecule has 0 aromatic heterocycles. The summed E-state index contributed by atoms with van der Waals surface area (Å²) in [5, 5.41) is 0. The zero-order valence-electron chi connectivity index (χ0n) is 38.5. The Morgan fingerprint density at radius 3 is 1.66 bits per heavy atom. The highest BCUT2D eigenvalue weighted by molar-refractivity contribution is 5.71. The SMILES string of the molecule is CCCCCCCCC(COC(=O)CC1CCC(OC(=O)CCCN(C)C)C1CCCCC)OC(=O)CCCCC(COC(=O)CCCCC)COC(=O)CCCCC. The Labute approximate surface area is 359 Å². The van der Waals surface area contributed by atoms with Crippen LogP contribution in [0.4, 0.5) is 0 Å². The lowest BCUT2D eigenvalue weighted by Gasteiger charge is -2.25. The molecular weight excluding hydrogens is 751 g/mol. The van der Waals surface area contributed by atoms with Gasteiger partial charge in [0.2, 0.25) is 0 Å². The number of esters is 5. The minimum absolute atomic E-state index is 0.0341. The first-order valence-corrected chi connectivity index (χ1v) is 24.0. The van der Waals surface area contributed by atoms with Crippen LogP contribution in [0.5, 0.6) is 0 Å². The number of carbonyl (C=O) groups excluding carboxylic acids is 5. The third-order valence-electron chi connectivity index (χ3n) is 11.5. The van der Waals surface area contributed by atoms with Gasteiger partial charge in [0.15, 0.2) is 0 Å². The molecule has 0 N–H and O–H groups in total. The Bertz CT molecular complexity index is 1090. The Morgan fingerprint density at radius 1 is 0.525 bits per heavy atom. The summed E-state index contributed by atoms with van der Waals surface area (Å²) in [6.07, 6.45) is 22.2. The molecule has 1 aliphatic carbocycles. The van der Waals surface area contributed by atoms with Crippen LogP contribution in [-0.4, -0.2) is 87.4 Å². The van der Waals surface area contributed by atoms with Crippen molar-refractivity contribution in [2.24, 2.45) is 17.8 Å². The number of hydrogen-bond donors (Lipinski definition) is 0. The minimum atomic E-state index is -0.510. The van der Waals surface area contributed by atoms with Crippen LogP contribution in [-0.2, 0) is 47.7 Å². The average Bonchev–Trinajstić information content (AvgIpc) is 3.56. The Hall–Kier alpha value is -2.69. The van der Waals surface area contributed by atoms with Gasteiger partial charge < -0.3 is 28.6 Å². The first-order chi connectivity index (χ1) is 28.5. The van der Waals surface area contributed by atoms with Gasteiger partial charge in [-0.1, -0.05) is 111 Å². The Balaban J connectivity index is 2.75. The molecule has 11 heteroatoms. The first-order valence-electron chi connectivity index (χ1n) is 24.0. The van der Waals surface area contributed by atoms with Crippen molar-refractivity contribution in [3.05, 3.63) is 0 Å². The third-order valence-corrected chi connectivity index (χ3v) is 11.5. The van der Waals surface area contributed by atoms with Gasteiger partial charge in [-0.3, -0.25) is 24.0 Å². The normalized spacial score (nSPS) is 16.9. The summed E-state index contributed by atoms with van der Waals surface area (Å²) in [7, 11) is 3.99. The highest BCUT2D eigenvalue weighted by Crippen LogP contribution is 2.40. The second kappa shape index (κ2) is 36.0.